The maximum absolute atomic E-state index is 13.4. The quantitative estimate of drug-likeness (QED) is 0.0271. The molecule has 0 fully saturated rings. The number of aliphatic carboxylic acids is 1. The van der Waals surface area contributed by atoms with Crippen molar-refractivity contribution in [2.45, 2.75) is 230 Å². The molecule has 0 saturated carbocycles. The maximum atomic E-state index is 13.4. The third-order valence-electron chi connectivity index (χ3n) is 12.7. The Kier molecular flexibility index (Phi) is 34.0. The van der Waals surface area contributed by atoms with Gasteiger partial charge in [0.2, 0.25) is 11.8 Å². The first kappa shape index (κ1) is 60.9. The number of carbonyl (C=O) groups is 4. The minimum Gasteiger partial charge on any atom is -0.494 e. The summed E-state index contributed by atoms with van der Waals surface area (Å²) in [6, 6.07) is 13.8. The van der Waals surface area contributed by atoms with Crippen LogP contribution in [0.3, 0.4) is 0 Å². The summed E-state index contributed by atoms with van der Waals surface area (Å²) in [6.45, 7) is 5.53. The molecule has 2 aromatic rings. The van der Waals surface area contributed by atoms with Gasteiger partial charge < -0.3 is 47.2 Å². The third kappa shape index (κ3) is 30.9. The number of amides is 2. The van der Waals surface area contributed by atoms with Gasteiger partial charge in [-0.1, -0.05) is 181 Å². The van der Waals surface area contributed by atoms with Gasteiger partial charge in [0, 0.05) is 29.9 Å². The highest BCUT2D eigenvalue weighted by Crippen LogP contribution is 2.29. The van der Waals surface area contributed by atoms with Crippen molar-refractivity contribution < 1.29 is 38.5 Å². The summed E-state index contributed by atoms with van der Waals surface area (Å²) in [6.07, 6.45) is 33.7. The summed E-state index contributed by atoms with van der Waals surface area (Å²) in [4.78, 5) is 52.3. The number of benzene rings is 2. The number of carbonyl (C=O) groups excluding carboxylic acids is 3. The van der Waals surface area contributed by atoms with Crippen molar-refractivity contribution in [2.24, 2.45) is 17.2 Å². The molecule has 2 aromatic carbocycles. The van der Waals surface area contributed by atoms with Crippen LogP contribution in [0.4, 0.5) is 11.4 Å². The summed E-state index contributed by atoms with van der Waals surface area (Å²) in [7, 11) is 0. The van der Waals surface area contributed by atoms with Crippen molar-refractivity contribution in [1.29, 1.82) is 0 Å². The van der Waals surface area contributed by atoms with Crippen LogP contribution in [0.1, 0.15) is 219 Å². The molecule has 2 atom stereocenters. The van der Waals surface area contributed by atoms with Gasteiger partial charge in [-0.05, 0) is 67.8 Å². The molecular formula is C56H95N5O8. The Morgan fingerprint density at radius 3 is 1.14 bits per heavy atom. The molecule has 0 radical (unpaired) electrons. The Bertz CT molecular complexity index is 1640. The van der Waals surface area contributed by atoms with Gasteiger partial charge >= 0.3 is 11.9 Å². The van der Waals surface area contributed by atoms with Gasteiger partial charge in [0.1, 0.15) is 23.6 Å². The molecule has 69 heavy (non-hydrogen) atoms. The lowest BCUT2D eigenvalue weighted by Gasteiger charge is -2.36. The molecule has 0 bridgehead atoms. The average Bonchev–Trinajstić information content (AvgIpc) is 3.31. The molecular weight excluding hydrogens is 871 g/mol. The Morgan fingerprint density at radius 2 is 0.812 bits per heavy atom. The molecule has 0 saturated heterocycles. The van der Waals surface area contributed by atoms with Crippen molar-refractivity contribution in [3.63, 3.8) is 0 Å². The number of anilines is 2. The van der Waals surface area contributed by atoms with Crippen LogP contribution < -0.4 is 37.3 Å². The second kappa shape index (κ2) is 38.5. The molecule has 0 spiro atoms. The third-order valence-corrected chi connectivity index (χ3v) is 12.7. The van der Waals surface area contributed by atoms with Crippen molar-refractivity contribution in [3.05, 3.63) is 48.5 Å². The van der Waals surface area contributed by atoms with Gasteiger partial charge in [0.05, 0.1) is 26.1 Å². The summed E-state index contributed by atoms with van der Waals surface area (Å²) in [5, 5.41) is 15.3. The first-order valence-corrected chi connectivity index (χ1v) is 27.1. The van der Waals surface area contributed by atoms with E-state index >= 15 is 0 Å². The van der Waals surface area contributed by atoms with E-state index in [1.807, 2.05) is 0 Å². The average molecular weight is 966 g/mol. The zero-order valence-corrected chi connectivity index (χ0v) is 43.1. The van der Waals surface area contributed by atoms with E-state index < -0.39 is 60.5 Å². The molecule has 13 heteroatoms. The Hall–Kier alpha value is -4.20. The van der Waals surface area contributed by atoms with Gasteiger partial charge in [-0.3, -0.25) is 19.2 Å². The van der Waals surface area contributed by atoms with Crippen LogP contribution in [0.15, 0.2) is 48.5 Å². The Labute approximate surface area is 416 Å². The minimum atomic E-state index is -2.09. The van der Waals surface area contributed by atoms with Crippen molar-refractivity contribution >= 4 is 35.1 Å². The number of hydrogen-bond donors (Lipinski definition) is 6. The first-order valence-electron chi connectivity index (χ1n) is 27.1. The second-order valence-corrected chi connectivity index (χ2v) is 19.6. The number of rotatable bonds is 45. The van der Waals surface area contributed by atoms with E-state index in [0.717, 1.165) is 25.7 Å². The summed E-state index contributed by atoms with van der Waals surface area (Å²) >= 11 is 0. The molecule has 2 unspecified atom stereocenters. The molecule has 0 aliphatic rings. The lowest BCUT2D eigenvalue weighted by Crippen LogP contribution is -2.60. The SMILES string of the molecule is CCCCCCCCCCCCCCCCOc1ccc(NC(=O)CC(N)(CC(=O)O)CC(N)(CC(=O)Nc2ccc(OCCCCCCCCCCCCCCCC)cc2)C(=O)OCCN)cc1. The Morgan fingerprint density at radius 1 is 0.478 bits per heavy atom. The molecule has 0 aromatic heterocycles. The van der Waals surface area contributed by atoms with Crippen molar-refractivity contribution in [2.75, 3.05) is 37.0 Å². The van der Waals surface area contributed by atoms with E-state index in [1.165, 1.54) is 154 Å². The molecule has 392 valence electrons. The number of carboxylic acid groups (broad SMARTS) is 1. The van der Waals surface area contributed by atoms with Crippen LogP contribution in [0.25, 0.3) is 0 Å². The largest absolute Gasteiger partial charge is 0.494 e. The summed E-state index contributed by atoms with van der Waals surface area (Å²) in [5.74, 6) is -2.18. The maximum Gasteiger partial charge on any atom is 0.326 e. The smallest absolute Gasteiger partial charge is 0.326 e. The zero-order valence-electron chi connectivity index (χ0n) is 43.1. The topological polar surface area (TPSA) is 218 Å². The highest BCUT2D eigenvalue weighted by molar-refractivity contribution is 5.96. The van der Waals surface area contributed by atoms with E-state index in [4.69, 9.17) is 31.4 Å². The number of carboxylic acids is 1. The molecule has 0 aliphatic carbocycles. The normalized spacial score (nSPS) is 13.0. The number of ether oxygens (including phenoxy) is 3. The van der Waals surface area contributed by atoms with E-state index in [9.17, 15) is 24.3 Å². The van der Waals surface area contributed by atoms with Gasteiger partial charge in [0.25, 0.3) is 0 Å². The molecule has 0 heterocycles. The van der Waals surface area contributed by atoms with Gasteiger partial charge in [-0.2, -0.15) is 0 Å². The predicted molar refractivity (Wildman–Crippen MR) is 282 cm³/mol. The van der Waals surface area contributed by atoms with Crippen molar-refractivity contribution in [3.8, 4) is 11.5 Å². The lowest BCUT2D eigenvalue weighted by molar-refractivity contribution is -0.153. The van der Waals surface area contributed by atoms with Crippen LogP contribution in [-0.2, 0) is 23.9 Å². The fraction of sp³-hybridized carbons (Fsp3) is 0.714. The molecule has 2 amide bonds. The van der Waals surface area contributed by atoms with Gasteiger partial charge in [0.15, 0.2) is 0 Å². The fourth-order valence-corrected chi connectivity index (χ4v) is 8.88. The number of nitrogens with two attached hydrogens (primary N) is 3. The minimum absolute atomic E-state index is 0.00353. The second-order valence-electron chi connectivity index (χ2n) is 19.6. The van der Waals surface area contributed by atoms with Crippen LogP contribution in [-0.4, -0.2) is 66.3 Å². The van der Waals surface area contributed by atoms with E-state index in [1.54, 1.807) is 48.5 Å². The van der Waals surface area contributed by atoms with E-state index in [2.05, 4.69) is 24.5 Å². The highest BCUT2D eigenvalue weighted by Gasteiger charge is 2.46. The molecule has 13 nitrogen and oxygen atoms in total. The highest BCUT2D eigenvalue weighted by atomic mass is 16.5. The van der Waals surface area contributed by atoms with Crippen LogP contribution >= 0.6 is 0 Å². The predicted octanol–water partition coefficient (Wildman–Crippen LogP) is 12.5. The lowest BCUT2D eigenvalue weighted by atomic mass is 9.77. The number of esters is 1. The number of unbranched alkanes of at least 4 members (excludes halogenated alkanes) is 26. The zero-order chi connectivity index (χ0) is 50.3. The number of hydrogen-bond acceptors (Lipinski definition) is 10. The van der Waals surface area contributed by atoms with Crippen molar-refractivity contribution in [1.82, 2.24) is 0 Å². The molecule has 2 rings (SSSR count). The Balaban J connectivity index is 1.79. The summed E-state index contributed by atoms with van der Waals surface area (Å²) < 4.78 is 17.1. The first-order chi connectivity index (χ1) is 33.4. The van der Waals surface area contributed by atoms with E-state index in [-0.39, 0.29) is 13.2 Å². The van der Waals surface area contributed by atoms with E-state index in [0.29, 0.717) is 36.1 Å². The number of nitrogens with one attached hydrogen (secondary N) is 2. The summed E-state index contributed by atoms with van der Waals surface area (Å²) in [5.41, 5.74) is 15.8. The fourth-order valence-electron chi connectivity index (χ4n) is 8.88. The molecule has 0 aliphatic heterocycles. The van der Waals surface area contributed by atoms with Crippen LogP contribution in [0.5, 0.6) is 11.5 Å². The van der Waals surface area contributed by atoms with Gasteiger partial charge in [-0.15, -0.1) is 0 Å². The standard InChI is InChI=1S/C56H95N5O8/c1-3-5-7-9-11-13-15-17-19-21-23-25-27-29-40-67-49-35-31-47(32-36-49)60-51(62)43-55(58,45-53(64)65)46-56(59,54(66)69-42-39-57)44-52(63)61-48-33-37-50(38-34-48)68-41-30-28-26-24-22-20-18-16-14-12-10-8-6-4-2/h31-38H,3-30,39-46,57-59H2,1-2H3,(H,60,62)(H,61,63)(H,64,65). The van der Waals surface area contributed by atoms with Crippen LogP contribution in [0, 0.1) is 0 Å². The monoisotopic (exact) mass is 966 g/mol. The van der Waals surface area contributed by atoms with Gasteiger partial charge in [-0.25, -0.2) is 0 Å². The van der Waals surface area contributed by atoms with Crippen LogP contribution in [0.2, 0.25) is 0 Å². The molecule has 9 N–H and O–H groups in total.